The van der Waals surface area contributed by atoms with E-state index >= 15 is 0 Å². The molecule has 0 bridgehead atoms. The molecule has 1 unspecified atom stereocenters. The first-order valence-corrected chi connectivity index (χ1v) is 4.71. The number of hydrogen-bond acceptors (Lipinski definition) is 2. The van der Waals surface area contributed by atoms with Gasteiger partial charge in [-0.3, -0.25) is 4.79 Å². The molecule has 0 spiro atoms. The molecule has 1 rings (SSSR count). The molecule has 0 aliphatic rings. The summed E-state index contributed by atoms with van der Waals surface area (Å²) in [5.41, 5.74) is 5.45. The Labute approximate surface area is 92.5 Å². The van der Waals surface area contributed by atoms with Crippen LogP contribution in [0.5, 0.6) is 0 Å². The summed E-state index contributed by atoms with van der Waals surface area (Å²) in [6.07, 6.45) is 4.85. The highest BCUT2D eigenvalue weighted by Gasteiger charge is 2.16. The summed E-state index contributed by atoms with van der Waals surface area (Å²) in [5.74, 6) is -0.141. The smallest absolute Gasteiger partial charge is 0.162 e. The third kappa shape index (κ3) is 2.88. The molecular formula is C12H11F2NO. The molecule has 0 saturated heterocycles. The second kappa shape index (κ2) is 5.38. The molecule has 0 aromatic heterocycles. The summed E-state index contributed by atoms with van der Waals surface area (Å²) in [4.78, 5) is 11.5. The van der Waals surface area contributed by atoms with Gasteiger partial charge in [-0.25, -0.2) is 8.78 Å². The van der Waals surface area contributed by atoms with E-state index in [0.717, 1.165) is 6.07 Å². The Kier molecular flexibility index (Phi) is 4.15. The van der Waals surface area contributed by atoms with E-state index in [2.05, 4.69) is 5.92 Å². The van der Waals surface area contributed by atoms with Crippen molar-refractivity contribution in [1.82, 2.24) is 0 Å². The standard InChI is InChI=1S/C12H11F2NO/c1-2-4-10(15)11(16)7-8-5-3-6-9(13)12(8)14/h1,3,5-6,10H,4,7,15H2. The molecule has 0 aliphatic carbocycles. The van der Waals surface area contributed by atoms with Gasteiger partial charge in [0.2, 0.25) is 0 Å². The zero-order valence-electron chi connectivity index (χ0n) is 8.54. The van der Waals surface area contributed by atoms with E-state index in [9.17, 15) is 13.6 Å². The minimum atomic E-state index is -1.01. The van der Waals surface area contributed by atoms with Gasteiger partial charge in [0, 0.05) is 12.8 Å². The Morgan fingerprint density at radius 2 is 2.19 bits per heavy atom. The van der Waals surface area contributed by atoms with E-state index in [4.69, 9.17) is 12.2 Å². The van der Waals surface area contributed by atoms with E-state index < -0.39 is 23.5 Å². The van der Waals surface area contributed by atoms with Crippen molar-refractivity contribution in [3.05, 3.63) is 35.4 Å². The molecule has 2 N–H and O–H groups in total. The van der Waals surface area contributed by atoms with Crippen molar-refractivity contribution < 1.29 is 13.6 Å². The van der Waals surface area contributed by atoms with Crippen LogP contribution >= 0.6 is 0 Å². The highest BCUT2D eigenvalue weighted by atomic mass is 19.2. The molecule has 0 amide bonds. The van der Waals surface area contributed by atoms with Crippen molar-refractivity contribution in [2.45, 2.75) is 18.9 Å². The maximum atomic E-state index is 13.2. The van der Waals surface area contributed by atoms with Gasteiger partial charge >= 0.3 is 0 Å². The van der Waals surface area contributed by atoms with E-state index in [1.54, 1.807) is 0 Å². The number of hydrogen-bond donors (Lipinski definition) is 1. The molecule has 4 heteroatoms. The summed E-state index contributed by atoms with van der Waals surface area (Å²) in [6.45, 7) is 0. The van der Waals surface area contributed by atoms with Gasteiger partial charge in [0.1, 0.15) is 0 Å². The number of carbonyl (C=O) groups is 1. The van der Waals surface area contributed by atoms with Crippen molar-refractivity contribution in [2.24, 2.45) is 5.73 Å². The summed E-state index contributed by atoms with van der Waals surface area (Å²) in [6, 6.07) is 2.85. The van der Waals surface area contributed by atoms with Crippen molar-refractivity contribution in [1.29, 1.82) is 0 Å². The van der Waals surface area contributed by atoms with Gasteiger partial charge in [0.15, 0.2) is 17.4 Å². The quantitative estimate of drug-likeness (QED) is 0.784. The number of ketones is 1. The van der Waals surface area contributed by atoms with Crippen molar-refractivity contribution in [3.63, 3.8) is 0 Å². The minimum absolute atomic E-state index is 0.00234. The van der Waals surface area contributed by atoms with Crippen LogP contribution < -0.4 is 5.73 Å². The van der Waals surface area contributed by atoms with Crippen LogP contribution in [-0.2, 0) is 11.2 Å². The predicted molar refractivity (Wildman–Crippen MR) is 56.5 cm³/mol. The van der Waals surface area contributed by atoms with E-state index in [1.807, 2.05) is 0 Å². The molecule has 0 aliphatic heterocycles. The van der Waals surface area contributed by atoms with E-state index in [0.29, 0.717) is 0 Å². The predicted octanol–water partition coefficient (Wildman–Crippen LogP) is 1.43. The fourth-order valence-electron chi connectivity index (χ4n) is 1.24. The molecule has 16 heavy (non-hydrogen) atoms. The van der Waals surface area contributed by atoms with Crippen LogP contribution in [0, 0.1) is 24.0 Å². The Bertz CT molecular complexity index is 437. The molecule has 2 nitrogen and oxygen atoms in total. The largest absolute Gasteiger partial charge is 0.321 e. The first-order valence-electron chi connectivity index (χ1n) is 4.71. The highest BCUT2D eigenvalue weighted by molar-refractivity contribution is 5.86. The molecule has 0 radical (unpaired) electrons. The van der Waals surface area contributed by atoms with Crippen molar-refractivity contribution >= 4 is 5.78 Å². The van der Waals surface area contributed by atoms with Gasteiger partial charge in [-0.1, -0.05) is 12.1 Å². The van der Waals surface area contributed by atoms with Gasteiger partial charge in [-0.05, 0) is 11.6 Å². The molecule has 1 aromatic rings. The van der Waals surface area contributed by atoms with Crippen LogP contribution in [0.3, 0.4) is 0 Å². The van der Waals surface area contributed by atoms with Gasteiger partial charge in [-0.15, -0.1) is 12.3 Å². The Morgan fingerprint density at radius 1 is 1.50 bits per heavy atom. The Hall–Kier alpha value is -1.73. The van der Waals surface area contributed by atoms with Gasteiger partial charge < -0.3 is 5.73 Å². The second-order valence-corrected chi connectivity index (χ2v) is 3.37. The van der Waals surface area contributed by atoms with Crippen LogP contribution in [0.1, 0.15) is 12.0 Å². The third-order valence-electron chi connectivity index (χ3n) is 2.15. The average molecular weight is 223 g/mol. The summed E-state index contributed by atoms with van der Waals surface area (Å²) >= 11 is 0. The Morgan fingerprint density at radius 3 is 2.81 bits per heavy atom. The van der Waals surface area contributed by atoms with Crippen molar-refractivity contribution in [2.75, 3.05) is 0 Å². The molecule has 0 fully saturated rings. The first kappa shape index (κ1) is 12.3. The van der Waals surface area contributed by atoms with Crippen LogP contribution in [0.4, 0.5) is 8.78 Å². The lowest BCUT2D eigenvalue weighted by atomic mass is 10.0. The Balaban J connectivity index is 2.78. The molecule has 0 heterocycles. The minimum Gasteiger partial charge on any atom is -0.321 e. The number of Topliss-reactive ketones (excluding diaryl/α,β-unsaturated/α-hetero) is 1. The van der Waals surface area contributed by atoms with Gasteiger partial charge in [-0.2, -0.15) is 0 Å². The first-order chi connectivity index (χ1) is 7.56. The van der Waals surface area contributed by atoms with Gasteiger partial charge in [0.25, 0.3) is 0 Å². The van der Waals surface area contributed by atoms with Crippen LogP contribution in [-0.4, -0.2) is 11.8 Å². The fraction of sp³-hybridized carbons (Fsp3) is 0.250. The normalized spacial score (nSPS) is 11.9. The summed E-state index contributed by atoms with van der Waals surface area (Å²) in [7, 11) is 0. The number of carbonyl (C=O) groups excluding carboxylic acids is 1. The van der Waals surface area contributed by atoms with Crippen LogP contribution in [0.15, 0.2) is 18.2 Å². The van der Waals surface area contributed by atoms with Gasteiger partial charge in [0.05, 0.1) is 6.04 Å². The maximum absolute atomic E-state index is 13.2. The van der Waals surface area contributed by atoms with Crippen LogP contribution in [0.2, 0.25) is 0 Å². The van der Waals surface area contributed by atoms with Crippen molar-refractivity contribution in [3.8, 4) is 12.3 Å². The molecule has 1 aromatic carbocycles. The highest BCUT2D eigenvalue weighted by Crippen LogP contribution is 2.12. The summed E-state index contributed by atoms with van der Waals surface area (Å²) in [5, 5.41) is 0. The summed E-state index contributed by atoms with van der Waals surface area (Å²) < 4.78 is 26.0. The monoisotopic (exact) mass is 223 g/mol. The number of nitrogens with two attached hydrogens (primary N) is 1. The van der Waals surface area contributed by atoms with E-state index in [1.165, 1.54) is 12.1 Å². The topological polar surface area (TPSA) is 43.1 Å². The third-order valence-corrected chi connectivity index (χ3v) is 2.15. The lowest BCUT2D eigenvalue weighted by molar-refractivity contribution is -0.119. The lowest BCUT2D eigenvalue weighted by Gasteiger charge is -2.07. The maximum Gasteiger partial charge on any atom is 0.162 e. The number of halogens is 2. The number of rotatable bonds is 4. The number of terminal acetylenes is 1. The van der Waals surface area contributed by atoms with Crippen LogP contribution in [0.25, 0.3) is 0 Å². The average Bonchev–Trinajstić information content (AvgIpc) is 2.25. The SMILES string of the molecule is C#CCC(N)C(=O)Cc1cccc(F)c1F. The van der Waals surface area contributed by atoms with E-state index in [-0.39, 0.29) is 18.4 Å². The zero-order valence-corrected chi connectivity index (χ0v) is 8.54. The fourth-order valence-corrected chi connectivity index (χ4v) is 1.24. The number of benzene rings is 1. The molecule has 1 atom stereocenters. The molecule has 0 saturated carbocycles. The lowest BCUT2D eigenvalue weighted by Crippen LogP contribution is -2.31. The molecule has 84 valence electrons. The molecular weight excluding hydrogens is 212 g/mol. The zero-order chi connectivity index (χ0) is 12.1. The second-order valence-electron chi connectivity index (χ2n) is 3.37.